The summed E-state index contributed by atoms with van der Waals surface area (Å²) in [6.45, 7) is 3.04. The summed E-state index contributed by atoms with van der Waals surface area (Å²) in [5.74, 6) is 0.945. The zero-order valence-corrected chi connectivity index (χ0v) is 9.61. The number of hydrogen-bond acceptors (Lipinski definition) is 4. The molecule has 2 atom stereocenters. The van der Waals surface area contributed by atoms with E-state index in [9.17, 15) is 0 Å². The maximum absolute atomic E-state index is 5.90. The van der Waals surface area contributed by atoms with Crippen LogP contribution in [-0.2, 0) is 0 Å². The highest BCUT2D eigenvalue weighted by molar-refractivity contribution is 9.10. The van der Waals surface area contributed by atoms with Crippen molar-refractivity contribution in [3.63, 3.8) is 0 Å². The molecule has 1 saturated heterocycles. The fourth-order valence-corrected chi connectivity index (χ4v) is 2.33. The van der Waals surface area contributed by atoms with Gasteiger partial charge in [-0.25, -0.2) is 9.97 Å². The van der Waals surface area contributed by atoms with Gasteiger partial charge in [0.25, 0.3) is 0 Å². The first-order valence-electron chi connectivity index (χ1n) is 4.66. The molecule has 0 aliphatic carbocycles. The highest BCUT2D eigenvalue weighted by Gasteiger charge is 2.28. The maximum atomic E-state index is 5.90. The first kappa shape index (κ1) is 9.86. The number of rotatable bonds is 1. The second-order valence-electron chi connectivity index (χ2n) is 3.69. The van der Waals surface area contributed by atoms with E-state index in [1.807, 2.05) is 0 Å². The predicted octanol–water partition coefficient (Wildman–Crippen LogP) is 1.16. The lowest BCUT2D eigenvalue weighted by atomic mass is 10.2. The molecule has 2 rings (SSSR count). The molecule has 0 spiro atoms. The van der Waals surface area contributed by atoms with E-state index in [2.05, 4.69) is 37.7 Å². The van der Waals surface area contributed by atoms with Crippen LogP contribution >= 0.6 is 15.9 Å². The van der Waals surface area contributed by atoms with Crippen molar-refractivity contribution in [3.8, 4) is 0 Å². The van der Waals surface area contributed by atoms with Crippen molar-refractivity contribution in [1.82, 2.24) is 9.97 Å². The van der Waals surface area contributed by atoms with Crippen LogP contribution < -0.4 is 10.6 Å². The smallest absolute Gasteiger partial charge is 0.146 e. The van der Waals surface area contributed by atoms with Crippen LogP contribution in [0.2, 0.25) is 0 Å². The van der Waals surface area contributed by atoms with Gasteiger partial charge in [0.15, 0.2) is 0 Å². The maximum Gasteiger partial charge on any atom is 0.146 e. The average Bonchev–Trinajstić information content (AvgIpc) is 2.46. The van der Waals surface area contributed by atoms with E-state index in [4.69, 9.17) is 5.73 Å². The molecule has 76 valence electrons. The molecule has 2 N–H and O–H groups in total. The first-order chi connectivity index (χ1) is 6.68. The van der Waals surface area contributed by atoms with Crippen molar-refractivity contribution in [2.24, 2.45) is 5.73 Å². The van der Waals surface area contributed by atoms with E-state index in [1.54, 1.807) is 12.5 Å². The minimum Gasteiger partial charge on any atom is -0.351 e. The standard InChI is InChI=1S/C9H13BrN4/c1-6-2-7(11)4-14(6)9-8(10)3-12-5-13-9/h3,5-7H,2,4,11H2,1H3. The van der Waals surface area contributed by atoms with Crippen molar-refractivity contribution in [2.75, 3.05) is 11.4 Å². The zero-order valence-electron chi connectivity index (χ0n) is 8.02. The van der Waals surface area contributed by atoms with Gasteiger partial charge in [0, 0.05) is 24.8 Å². The van der Waals surface area contributed by atoms with Gasteiger partial charge in [-0.05, 0) is 29.3 Å². The van der Waals surface area contributed by atoms with Gasteiger partial charge in [0.1, 0.15) is 12.1 Å². The largest absolute Gasteiger partial charge is 0.351 e. The van der Waals surface area contributed by atoms with Crippen molar-refractivity contribution >= 4 is 21.7 Å². The molecule has 1 aliphatic rings. The fraction of sp³-hybridized carbons (Fsp3) is 0.556. The Bertz CT molecular complexity index is 330. The Morgan fingerprint density at radius 1 is 1.64 bits per heavy atom. The Morgan fingerprint density at radius 3 is 3.00 bits per heavy atom. The highest BCUT2D eigenvalue weighted by atomic mass is 79.9. The van der Waals surface area contributed by atoms with E-state index in [1.165, 1.54) is 0 Å². The number of nitrogens with zero attached hydrogens (tertiary/aromatic N) is 3. The van der Waals surface area contributed by atoms with Crippen LogP contribution in [0.15, 0.2) is 17.0 Å². The van der Waals surface area contributed by atoms with Crippen LogP contribution in [-0.4, -0.2) is 28.6 Å². The van der Waals surface area contributed by atoms with Gasteiger partial charge >= 0.3 is 0 Å². The van der Waals surface area contributed by atoms with Crippen LogP contribution in [0.3, 0.4) is 0 Å². The van der Waals surface area contributed by atoms with Crippen LogP contribution in [0, 0.1) is 0 Å². The van der Waals surface area contributed by atoms with Gasteiger partial charge in [-0.1, -0.05) is 0 Å². The Kier molecular flexibility index (Phi) is 2.69. The summed E-state index contributed by atoms with van der Waals surface area (Å²) in [7, 11) is 0. The summed E-state index contributed by atoms with van der Waals surface area (Å²) in [4.78, 5) is 10.4. The second kappa shape index (κ2) is 3.82. The lowest BCUT2D eigenvalue weighted by molar-refractivity contribution is 0.688. The SMILES string of the molecule is CC1CC(N)CN1c1ncncc1Br. The molecule has 2 unspecified atom stereocenters. The van der Waals surface area contributed by atoms with Crippen molar-refractivity contribution < 1.29 is 0 Å². The minimum atomic E-state index is 0.256. The average molecular weight is 257 g/mol. The van der Waals surface area contributed by atoms with Crippen molar-refractivity contribution in [1.29, 1.82) is 0 Å². The topological polar surface area (TPSA) is 55.0 Å². The summed E-state index contributed by atoms with van der Waals surface area (Å²) in [6.07, 6.45) is 4.35. The Labute approximate surface area is 91.7 Å². The van der Waals surface area contributed by atoms with E-state index in [0.717, 1.165) is 23.3 Å². The van der Waals surface area contributed by atoms with Crippen molar-refractivity contribution in [3.05, 3.63) is 17.0 Å². The molecule has 0 saturated carbocycles. The van der Waals surface area contributed by atoms with Crippen LogP contribution in [0.5, 0.6) is 0 Å². The number of hydrogen-bond donors (Lipinski definition) is 1. The summed E-state index contributed by atoms with van der Waals surface area (Å²) in [5, 5.41) is 0. The normalized spacial score (nSPS) is 26.9. The minimum absolute atomic E-state index is 0.256. The zero-order chi connectivity index (χ0) is 10.1. The molecule has 0 radical (unpaired) electrons. The van der Waals surface area contributed by atoms with Gasteiger partial charge in [0.2, 0.25) is 0 Å². The predicted molar refractivity (Wildman–Crippen MR) is 59.1 cm³/mol. The summed E-state index contributed by atoms with van der Waals surface area (Å²) in [6, 6.07) is 0.711. The van der Waals surface area contributed by atoms with E-state index < -0.39 is 0 Å². The molecule has 1 fully saturated rings. The van der Waals surface area contributed by atoms with Gasteiger partial charge in [-0.2, -0.15) is 0 Å². The molecular formula is C9H13BrN4. The molecule has 1 aromatic rings. The third kappa shape index (κ3) is 1.74. The van der Waals surface area contributed by atoms with Crippen molar-refractivity contribution in [2.45, 2.75) is 25.4 Å². The second-order valence-corrected chi connectivity index (χ2v) is 4.55. The molecule has 5 heteroatoms. The molecular weight excluding hydrogens is 244 g/mol. The third-order valence-corrected chi connectivity index (χ3v) is 3.09. The lowest BCUT2D eigenvalue weighted by Crippen LogP contribution is -2.30. The molecule has 2 heterocycles. The van der Waals surface area contributed by atoms with Gasteiger partial charge in [0.05, 0.1) is 4.47 Å². The molecule has 14 heavy (non-hydrogen) atoms. The lowest BCUT2D eigenvalue weighted by Gasteiger charge is -2.22. The Morgan fingerprint density at radius 2 is 2.43 bits per heavy atom. The molecule has 0 aromatic carbocycles. The quantitative estimate of drug-likeness (QED) is 0.820. The molecule has 1 aliphatic heterocycles. The van der Waals surface area contributed by atoms with Crippen LogP contribution in [0.25, 0.3) is 0 Å². The molecule has 0 bridgehead atoms. The van der Waals surface area contributed by atoms with Crippen LogP contribution in [0.4, 0.5) is 5.82 Å². The summed E-state index contributed by atoms with van der Waals surface area (Å²) >= 11 is 3.45. The Balaban J connectivity index is 2.27. The Hall–Kier alpha value is -0.680. The first-order valence-corrected chi connectivity index (χ1v) is 5.45. The fourth-order valence-electron chi connectivity index (χ4n) is 1.89. The molecule has 4 nitrogen and oxygen atoms in total. The molecule has 1 aromatic heterocycles. The third-order valence-electron chi connectivity index (χ3n) is 2.53. The number of halogens is 1. The molecule has 0 amide bonds. The summed E-state index contributed by atoms with van der Waals surface area (Å²) in [5.41, 5.74) is 5.90. The monoisotopic (exact) mass is 256 g/mol. The number of nitrogens with two attached hydrogens (primary N) is 1. The van der Waals surface area contributed by atoms with Crippen LogP contribution in [0.1, 0.15) is 13.3 Å². The van der Waals surface area contributed by atoms with Gasteiger partial charge in [-0.3, -0.25) is 0 Å². The van der Waals surface area contributed by atoms with E-state index in [0.29, 0.717) is 6.04 Å². The number of aromatic nitrogens is 2. The van der Waals surface area contributed by atoms with E-state index >= 15 is 0 Å². The van der Waals surface area contributed by atoms with Gasteiger partial charge < -0.3 is 10.6 Å². The van der Waals surface area contributed by atoms with Gasteiger partial charge in [-0.15, -0.1) is 0 Å². The number of anilines is 1. The van der Waals surface area contributed by atoms with E-state index in [-0.39, 0.29) is 6.04 Å². The highest BCUT2D eigenvalue weighted by Crippen LogP contribution is 2.28. The summed E-state index contributed by atoms with van der Waals surface area (Å²) < 4.78 is 0.931.